The van der Waals surface area contributed by atoms with Gasteiger partial charge in [0.05, 0.1) is 0 Å². The zero-order valence-corrected chi connectivity index (χ0v) is 14.7. The zero-order chi connectivity index (χ0) is 11.6. The van der Waals surface area contributed by atoms with Gasteiger partial charge in [-0.2, -0.15) is 6.42 Å². The SMILES string of the molecule is [CH2-]CC1CC(C)CC2(CCCCC(C)C2)C1.[Y]. The van der Waals surface area contributed by atoms with E-state index in [0.29, 0.717) is 0 Å². The topological polar surface area (TPSA) is 0 Å². The molecule has 1 radical (unpaired) electrons. The minimum atomic E-state index is 0. The van der Waals surface area contributed by atoms with Crippen molar-refractivity contribution in [2.75, 3.05) is 0 Å². The van der Waals surface area contributed by atoms with E-state index in [-0.39, 0.29) is 32.7 Å². The number of hydrogen-bond donors (Lipinski definition) is 0. The summed E-state index contributed by atoms with van der Waals surface area (Å²) in [5, 5.41) is 0. The van der Waals surface area contributed by atoms with Gasteiger partial charge >= 0.3 is 0 Å². The van der Waals surface area contributed by atoms with Gasteiger partial charge in [0.25, 0.3) is 0 Å². The first kappa shape index (κ1) is 16.2. The van der Waals surface area contributed by atoms with Gasteiger partial charge in [0.2, 0.25) is 0 Å². The maximum atomic E-state index is 4.16. The molecule has 0 aromatic rings. The molecule has 0 nitrogen and oxygen atoms in total. The largest absolute Gasteiger partial charge is 0.343 e. The van der Waals surface area contributed by atoms with Crippen molar-refractivity contribution in [1.29, 1.82) is 0 Å². The van der Waals surface area contributed by atoms with Crippen LogP contribution in [-0.4, -0.2) is 0 Å². The molecule has 2 aliphatic carbocycles. The van der Waals surface area contributed by atoms with Crippen LogP contribution in [0.15, 0.2) is 0 Å². The average molecular weight is 310 g/mol. The molecule has 0 aromatic carbocycles. The third-order valence-electron chi connectivity index (χ3n) is 5.08. The van der Waals surface area contributed by atoms with Crippen LogP contribution in [0.2, 0.25) is 0 Å². The second-order valence-electron chi connectivity index (χ2n) is 6.96. The predicted molar refractivity (Wildman–Crippen MR) is 71.2 cm³/mol. The summed E-state index contributed by atoms with van der Waals surface area (Å²) >= 11 is 0. The van der Waals surface area contributed by atoms with Crippen molar-refractivity contribution < 1.29 is 32.7 Å². The fourth-order valence-electron chi connectivity index (χ4n) is 4.70. The number of hydrogen-bond acceptors (Lipinski definition) is 0. The minimum Gasteiger partial charge on any atom is -0.343 e. The van der Waals surface area contributed by atoms with E-state index in [1.165, 1.54) is 57.8 Å². The van der Waals surface area contributed by atoms with Crippen LogP contribution in [-0.2, 0) is 32.7 Å². The summed E-state index contributed by atoms with van der Waals surface area (Å²) in [6.07, 6.45) is 13.1. The van der Waals surface area contributed by atoms with Crippen molar-refractivity contribution in [2.24, 2.45) is 23.2 Å². The molecule has 0 N–H and O–H groups in total. The van der Waals surface area contributed by atoms with Crippen LogP contribution in [0.3, 0.4) is 0 Å². The van der Waals surface area contributed by atoms with Crippen LogP contribution < -0.4 is 0 Å². The molecule has 4 atom stereocenters. The standard InChI is InChI=1S/C16H29.Y/c1-4-15-9-14(3)11-16(12-15)8-6-5-7-13(2)10-16;/h13-15H,1,4-12H2,2-3H3;/q-1;. The Balaban J connectivity index is 0.00000144. The number of rotatable bonds is 1. The molecule has 0 bridgehead atoms. The Kier molecular flexibility index (Phi) is 6.69. The summed E-state index contributed by atoms with van der Waals surface area (Å²) < 4.78 is 0. The van der Waals surface area contributed by atoms with Gasteiger partial charge in [-0.25, -0.2) is 0 Å². The van der Waals surface area contributed by atoms with E-state index < -0.39 is 0 Å². The third-order valence-corrected chi connectivity index (χ3v) is 5.08. The van der Waals surface area contributed by atoms with Crippen LogP contribution in [0.1, 0.15) is 71.6 Å². The molecule has 1 heteroatoms. The van der Waals surface area contributed by atoms with Gasteiger partial charge in [-0.1, -0.05) is 45.4 Å². The van der Waals surface area contributed by atoms with Crippen LogP contribution in [0, 0.1) is 30.1 Å². The molecule has 2 fully saturated rings. The summed E-state index contributed by atoms with van der Waals surface area (Å²) in [5.41, 5.74) is 0.718. The summed E-state index contributed by atoms with van der Waals surface area (Å²) in [7, 11) is 0. The monoisotopic (exact) mass is 310 g/mol. The van der Waals surface area contributed by atoms with Crippen molar-refractivity contribution in [3.8, 4) is 0 Å². The Morgan fingerprint density at radius 3 is 2.47 bits per heavy atom. The van der Waals surface area contributed by atoms with Gasteiger partial charge in [-0.05, 0) is 42.9 Å². The quantitative estimate of drug-likeness (QED) is 0.582. The van der Waals surface area contributed by atoms with E-state index in [2.05, 4.69) is 20.8 Å². The third kappa shape index (κ3) is 4.31. The van der Waals surface area contributed by atoms with E-state index in [1.807, 2.05) is 0 Å². The van der Waals surface area contributed by atoms with E-state index in [1.54, 1.807) is 0 Å². The smallest absolute Gasteiger partial charge is 0 e. The molecular weight excluding hydrogens is 281 g/mol. The van der Waals surface area contributed by atoms with Crippen LogP contribution in [0.5, 0.6) is 0 Å². The Morgan fingerprint density at radius 2 is 1.76 bits per heavy atom. The van der Waals surface area contributed by atoms with E-state index in [9.17, 15) is 0 Å². The summed E-state index contributed by atoms with van der Waals surface area (Å²) in [6, 6.07) is 0. The second kappa shape index (κ2) is 7.04. The molecule has 2 aliphatic rings. The van der Waals surface area contributed by atoms with Crippen molar-refractivity contribution in [3.63, 3.8) is 0 Å². The minimum absolute atomic E-state index is 0. The first-order valence-corrected chi connectivity index (χ1v) is 7.43. The predicted octanol–water partition coefficient (Wildman–Crippen LogP) is 5.23. The van der Waals surface area contributed by atoms with Gasteiger partial charge in [-0.15, -0.1) is 0 Å². The van der Waals surface area contributed by atoms with Crippen LogP contribution >= 0.6 is 0 Å². The van der Waals surface area contributed by atoms with Gasteiger partial charge < -0.3 is 6.92 Å². The first-order valence-electron chi connectivity index (χ1n) is 7.43. The maximum absolute atomic E-state index is 4.16. The summed E-state index contributed by atoms with van der Waals surface area (Å²) in [4.78, 5) is 0. The van der Waals surface area contributed by atoms with Gasteiger partial charge in [0, 0.05) is 32.7 Å². The van der Waals surface area contributed by atoms with Gasteiger partial charge in [0.15, 0.2) is 0 Å². The molecule has 0 saturated heterocycles. The van der Waals surface area contributed by atoms with Crippen molar-refractivity contribution >= 4 is 0 Å². The molecule has 0 aromatic heterocycles. The van der Waals surface area contributed by atoms with Crippen molar-refractivity contribution in [1.82, 2.24) is 0 Å². The maximum Gasteiger partial charge on any atom is 0 e. The molecule has 17 heavy (non-hydrogen) atoms. The zero-order valence-electron chi connectivity index (χ0n) is 11.9. The molecule has 0 aliphatic heterocycles. The van der Waals surface area contributed by atoms with Gasteiger partial charge in [-0.3, -0.25) is 0 Å². The molecule has 1 spiro atoms. The Morgan fingerprint density at radius 1 is 1.06 bits per heavy atom. The molecule has 2 rings (SSSR count). The fraction of sp³-hybridized carbons (Fsp3) is 0.938. The van der Waals surface area contributed by atoms with E-state index >= 15 is 0 Å². The van der Waals surface area contributed by atoms with Crippen molar-refractivity contribution in [3.05, 3.63) is 6.92 Å². The fourth-order valence-corrected chi connectivity index (χ4v) is 4.70. The molecule has 97 valence electrons. The Bertz CT molecular complexity index is 226. The normalized spacial score (nSPS) is 42.9. The molecule has 0 amide bonds. The van der Waals surface area contributed by atoms with Crippen molar-refractivity contribution in [2.45, 2.75) is 71.6 Å². The summed E-state index contributed by atoms with van der Waals surface area (Å²) in [6.45, 7) is 9.11. The average Bonchev–Trinajstić information content (AvgIpc) is 2.39. The molecule has 2 saturated carbocycles. The van der Waals surface area contributed by atoms with E-state index in [4.69, 9.17) is 0 Å². The van der Waals surface area contributed by atoms with Gasteiger partial charge in [0.1, 0.15) is 0 Å². The molecule has 4 unspecified atom stereocenters. The first-order chi connectivity index (χ1) is 7.63. The Hall–Kier alpha value is 1.10. The van der Waals surface area contributed by atoms with Crippen LogP contribution in [0.25, 0.3) is 0 Å². The Labute approximate surface area is 134 Å². The van der Waals surface area contributed by atoms with Crippen LogP contribution in [0.4, 0.5) is 0 Å². The molecular formula is C16H29Y-. The molecule has 0 heterocycles. The summed E-state index contributed by atoms with van der Waals surface area (Å²) in [5.74, 6) is 2.85. The van der Waals surface area contributed by atoms with E-state index in [0.717, 1.165) is 23.2 Å². The second-order valence-corrected chi connectivity index (χ2v) is 6.96.